The molecule has 1 aliphatic heterocycles. The van der Waals surface area contributed by atoms with E-state index in [-0.39, 0.29) is 0 Å². The molecule has 3 nitrogen and oxygen atoms in total. The Morgan fingerprint density at radius 3 is 2.71 bits per heavy atom. The quantitative estimate of drug-likeness (QED) is 0.314. The standard InChI is InChI=1S/C3HClN2O/c4-2-3(7)6-1-5-2/h2H. The van der Waals surface area contributed by atoms with E-state index < -0.39 is 11.4 Å². The summed E-state index contributed by atoms with van der Waals surface area (Å²) in [6.45, 7) is 0. The van der Waals surface area contributed by atoms with E-state index in [1.54, 1.807) is 0 Å². The van der Waals surface area contributed by atoms with Crippen LogP contribution in [0.25, 0.3) is 0 Å². The van der Waals surface area contributed by atoms with E-state index in [9.17, 15) is 4.79 Å². The average Bonchev–Trinajstić information content (AvgIpc) is 1.91. The second kappa shape index (κ2) is 1.50. The minimum Gasteiger partial charge on any atom is -0.269 e. The van der Waals surface area contributed by atoms with Crippen molar-refractivity contribution in [3.05, 3.63) is 0 Å². The molecule has 7 heavy (non-hydrogen) atoms. The fourth-order valence-electron chi connectivity index (χ4n) is 0.237. The van der Waals surface area contributed by atoms with Crippen LogP contribution in [-0.2, 0) is 4.79 Å². The SMILES string of the molecule is O=C1N=[C][N]C1Cl. The van der Waals surface area contributed by atoms with Crippen molar-refractivity contribution in [2.45, 2.75) is 5.50 Å². The largest absolute Gasteiger partial charge is 0.288 e. The van der Waals surface area contributed by atoms with Crippen LogP contribution in [0.4, 0.5) is 0 Å². The van der Waals surface area contributed by atoms with Crippen LogP contribution < -0.4 is 5.32 Å². The van der Waals surface area contributed by atoms with Crippen molar-refractivity contribution in [1.82, 2.24) is 5.32 Å². The number of hydrogen-bond acceptors (Lipinski definition) is 1. The van der Waals surface area contributed by atoms with Gasteiger partial charge in [0.25, 0.3) is 5.91 Å². The first-order valence-electron chi connectivity index (χ1n) is 1.64. The zero-order valence-corrected chi connectivity index (χ0v) is 4.01. The Kier molecular flexibility index (Phi) is 0.982. The lowest BCUT2D eigenvalue weighted by atomic mass is 10.6. The summed E-state index contributed by atoms with van der Waals surface area (Å²) in [7, 11) is 0. The molecule has 1 aliphatic rings. The van der Waals surface area contributed by atoms with Gasteiger partial charge in [-0.15, -0.1) is 0 Å². The van der Waals surface area contributed by atoms with Crippen LogP contribution in [0.15, 0.2) is 4.99 Å². The van der Waals surface area contributed by atoms with Crippen molar-refractivity contribution >= 4 is 23.8 Å². The van der Waals surface area contributed by atoms with E-state index in [0.717, 1.165) is 0 Å². The predicted molar refractivity (Wildman–Crippen MR) is 24.2 cm³/mol. The van der Waals surface area contributed by atoms with Gasteiger partial charge >= 0.3 is 0 Å². The number of nitrogens with zero attached hydrogens (tertiary/aromatic N) is 2. The summed E-state index contributed by atoms with van der Waals surface area (Å²) in [4.78, 5) is 13.2. The zero-order valence-electron chi connectivity index (χ0n) is 3.26. The first kappa shape index (κ1) is 4.59. The van der Waals surface area contributed by atoms with Gasteiger partial charge in [0, 0.05) is 0 Å². The van der Waals surface area contributed by atoms with E-state index in [2.05, 4.69) is 16.6 Å². The van der Waals surface area contributed by atoms with Gasteiger partial charge in [0.05, 0.1) is 0 Å². The van der Waals surface area contributed by atoms with Gasteiger partial charge in [-0.3, -0.25) is 4.79 Å². The summed E-state index contributed by atoms with van der Waals surface area (Å²) in [5.74, 6) is -0.429. The highest BCUT2D eigenvalue weighted by Crippen LogP contribution is 1.98. The molecule has 0 aliphatic carbocycles. The predicted octanol–water partition coefficient (Wildman–Crippen LogP) is -0.399. The van der Waals surface area contributed by atoms with E-state index >= 15 is 0 Å². The number of amides is 1. The van der Waals surface area contributed by atoms with Crippen LogP contribution in [0.3, 0.4) is 0 Å². The lowest BCUT2D eigenvalue weighted by Crippen LogP contribution is -2.14. The Morgan fingerprint density at radius 2 is 2.57 bits per heavy atom. The molecule has 0 N–H and O–H groups in total. The molecular formula is C3HClN2O. The molecule has 0 fully saturated rings. The Morgan fingerprint density at radius 1 is 1.86 bits per heavy atom. The fraction of sp³-hybridized carbons (Fsp3) is 0.333. The molecule has 0 aromatic heterocycles. The minimum atomic E-state index is -0.806. The number of aliphatic imine (C=N–C) groups is 1. The molecule has 1 rings (SSSR count). The van der Waals surface area contributed by atoms with Gasteiger partial charge < -0.3 is 0 Å². The van der Waals surface area contributed by atoms with Crippen molar-refractivity contribution in [3.63, 3.8) is 0 Å². The van der Waals surface area contributed by atoms with Crippen molar-refractivity contribution in [1.29, 1.82) is 0 Å². The van der Waals surface area contributed by atoms with Gasteiger partial charge in [0.15, 0.2) is 6.34 Å². The van der Waals surface area contributed by atoms with Crippen molar-refractivity contribution in [2.75, 3.05) is 0 Å². The van der Waals surface area contributed by atoms with E-state index in [4.69, 9.17) is 11.6 Å². The fourth-order valence-corrected chi connectivity index (χ4v) is 0.330. The molecule has 2 radical (unpaired) electrons. The molecule has 0 saturated carbocycles. The number of carbonyl (C=O) groups is 1. The first-order valence-corrected chi connectivity index (χ1v) is 2.08. The molecule has 1 unspecified atom stereocenters. The Balaban J connectivity index is 2.62. The van der Waals surface area contributed by atoms with Crippen LogP contribution >= 0.6 is 11.6 Å². The van der Waals surface area contributed by atoms with Crippen LogP contribution in [0.1, 0.15) is 0 Å². The normalized spacial score (nSPS) is 28.1. The third kappa shape index (κ3) is 0.718. The van der Waals surface area contributed by atoms with Gasteiger partial charge in [-0.1, -0.05) is 11.6 Å². The van der Waals surface area contributed by atoms with Crippen molar-refractivity contribution in [3.8, 4) is 0 Å². The molecule has 36 valence electrons. The number of rotatable bonds is 0. The third-order valence-electron chi connectivity index (χ3n) is 0.535. The third-order valence-corrected chi connectivity index (χ3v) is 0.819. The van der Waals surface area contributed by atoms with E-state index in [1.165, 1.54) is 0 Å². The van der Waals surface area contributed by atoms with E-state index in [1.807, 2.05) is 0 Å². The zero-order chi connectivity index (χ0) is 5.28. The van der Waals surface area contributed by atoms with Gasteiger partial charge in [0.1, 0.15) is 0 Å². The maximum Gasteiger partial charge on any atom is 0.288 e. The van der Waals surface area contributed by atoms with Gasteiger partial charge in [-0.25, -0.2) is 5.32 Å². The van der Waals surface area contributed by atoms with Crippen LogP contribution in [0, 0.1) is 0 Å². The van der Waals surface area contributed by atoms with E-state index in [0.29, 0.717) is 0 Å². The van der Waals surface area contributed by atoms with Gasteiger partial charge in [-0.05, 0) is 0 Å². The minimum absolute atomic E-state index is 0.429. The number of hydrogen-bond donors (Lipinski definition) is 0. The summed E-state index contributed by atoms with van der Waals surface area (Å²) in [6.07, 6.45) is 2.09. The molecule has 0 saturated heterocycles. The summed E-state index contributed by atoms with van der Waals surface area (Å²) in [5.41, 5.74) is -0.806. The Labute approximate surface area is 45.4 Å². The maximum absolute atomic E-state index is 10.1. The average molecular weight is 117 g/mol. The Bertz CT molecular complexity index is 122. The van der Waals surface area contributed by atoms with Crippen molar-refractivity contribution < 1.29 is 4.79 Å². The second-order valence-corrected chi connectivity index (χ2v) is 1.43. The molecule has 0 bridgehead atoms. The smallest absolute Gasteiger partial charge is 0.269 e. The highest BCUT2D eigenvalue weighted by Gasteiger charge is 2.18. The highest BCUT2D eigenvalue weighted by atomic mass is 35.5. The molecule has 1 atom stereocenters. The lowest BCUT2D eigenvalue weighted by molar-refractivity contribution is -0.117. The van der Waals surface area contributed by atoms with Crippen molar-refractivity contribution in [2.24, 2.45) is 4.99 Å². The number of halogens is 1. The second-order valence-electron chi connectivity index (χ2n) is 1.01. The van der Waals surface area contributed by atoms with Crippen LogP contribution in [0.2, 0.25) is 0 Å². The molecule has 0 spiro atoms. The summed E-state index contributed by atoms with van der Waals surface area (Å²) in [6, 6.07) is 0. The monoisotopic (exact) mass is 116 g/mol. The molecule has 4 heteroatoms. The first-order chi connectivity index (χ1) is 3.30. The molecule has 0 aromatic rings. The summed E-state index contributed by atoms with van der Waals surface area (Å²) in [5, 5.41) is 3.32. The topological polar surface area (TPSA) is 43.5 Å². The number of alkyl halides is 1. The van der Waals surface area contributed by atoms with Crippen LogP contribution in [-0.4, -0.2) is 17.7 Å². The molecular weight excluding hydrogens is 115 g/mol. The molecule has 0 aromatic carbocycles. The Hall–Kier alpha value is -0.570. The van der Waals surface area contributed by atoms with Crippen LogP contribution in [0.5, 0.6) is 0 Å². The maximum atomic E-state index is 10.1. The summed E-state index contributed by atoms with van der Waals surface area (Å²) >= 11 is 5.19. The highest BCUT2D eigenvalue weighted by molar-refractivity contribution is 6.32. The number of carbonyl (C=O) groups excluding carboxylic acids is 1. The lowest BCUT2D eigenvalue weighted by Gasteiger charge is -1.86. The van der Waals surface area contributed by atoms with Gasteiger partial charge in [0.2, 0.25) is 5.50 Å². The van der Waals surface area contributed by atoms with Gasteiger partial charge in [-0.2, -0.15) is 4.99 Å². The molecule has 1 amide bonds. The summed E-state index contributed by atoms with van der Waals surface area (Å²) < 4.78 is 0. The molecule has 1 heterocycles.